The number of methoxy groups -OCH3 is 1. The predicted molar refractivity (Wildman–Crippen MR) is 183 cm³/mol. The van der Waals surface area contributed by atoms with Crippen LogP contribution in [0.2, 0.25) is 0 Å². The van der Waals surface area contributed by atoms with Crippen molar-refractivity contribution in [2.24, 2.45) is 7.05 Å². The van der Waals surface area contributed by atoms with E-state index in [1.54, 1.807) is 27.8 Å². The van der Waals surface area contributed by atoms with Crippen molar-refractivity contribution in [3.8, 4) is 39.8 Å². The van der Waals surface area contributed by atoms with Crippen LogP contribution < -0.4 is 10.1 Å². The Morgan fingerprint density at radius 2 is 1.94 bits per heavy atom. The molecule has 12 heteroatoms. The molecule has 0 unspecified atom stereocenters. The van der Waals surface area contributed by atoms with E-state index in [9.17, 15) is 4.79 Å². The van der Waals surface area contributed by atoms with Gasteiger partial charge in [-0.25, -0.2) is 9.37 Å². The molecule has 6 rings (SSSR count). The molecule has 0 radical (unpaired) electrons. The second kappa shape index (κ2) is 13.6. The highest BCUT2D eigenvalue weighted by Crippen LogP contribution is 2.43. The fraction of sp³-hybridized carbons (Fsp3) is 0.361. The molecule has 0 amide bonds. The largest absolute Gasteiger partial charge is 0.490 e. The second-order valence-corrected chi connectivity index (χ2v) is 12.7. The van der Waals surface area contributed by atoms with Crippen LogP contribution in [0.1, 0.15) is 55.1 Å². The van der Waals surface area contributed by atoms with Gasteiger partial charge in [0.25, 0.3) is 5.89 Å². The van der Waals surface area contributed by atoms with Gasteiger partial charge in [0.15, 0.2) is 11.6 Å². The molecule has 0 saturated carbocycles. The number of aliphatic hydroxyl groups is 1. The van der Waals surface area contributed by atoms with Crippen LogP contribution in [0, 0.1) is 25.1 Å². The van der Waals surface area contributed by atoms with Crippen LogP contribution in [0.25, 0.3) is 45.1 Å². The van der Waals surface area contributed by atoms with Gasteiger partial charge in [0, 0.05) is 53.8 Å². The van der Waals surface area contributed by atoms with Gasteiger partial charge >= 0.3 is 5.97 Å². The van der Waals surface area contributed by atoms with Crippen LogP contribution in [-0.4, -0.2) is 63.3 Å². The monoisotopic (exact) mass is 656 g/mol. The number of carbonyl (C=O) groups excluding carboxylic acids is 1. The van der Waals surface area contributed by atoms with Crippen LogP contribution >= 0.6 is 0 Å². The summed E-state index contributed by atoms with van der Waals surface area (Å²) in [7, 11) is 4.99. The van der Waals surface area contributed by atoms with E-state index in [0.29, 0.717) is 74.8 Å². The van der Waals surface area contributed by atoms with Crippen molar-refractivity contribution in [2.75, 3.05) is 26.1 Å². The minimum absolute atomic E-state index is 0.0256. The second-order valence-electron chi connectivity index (χ2n) is 12.7. The Bertz CT molecular complexity index is 2020. The molecule has 0 bridgehead atoms. The van der Waals surface area contributed by atoms with Gasteiger partial charge in [-0.05, 0) is 100 Å². The third kappa shape index (κ3) is 6.79. The number of pyridine rings is 1. The molecule has 0 spiro atoms. The number of benzene rings is 2. The van der Waals surface area contributed by atoms with E-state index in [1.807, 2.05) is 49.7 Å². The maximum absolute atomic E-state index is 15.5. The quantitative estimate of drug-likeness (QED) is 0.131. The molecule has 252 valence electrons. The minimum atomic E-state index is -0.500. The number of carbonyl (C=O) groups is 1. The van der Waals surface area contributed by atoms with E-state index in [0.717, 1.165) is 23.2 Å². The first-order valence-electron chi connectivity index (χ1n) is 15.7. The van der Waals surface area contributed by atoms with E-state index < -0.39 is 17.4 Å². The highest BCUT2D eigenvalue weighted by atomic mass is 19.1. The maximum atomic E-state index is 15.5. The van der Waals surface area contributed by atoms with Gasteiger partial charge in [-0.1, -0.05) is 5.16 Å². The molecule has 0 aliphatic carbocycles. The van der Waals surface area contributed by atoms with E-state index in [2.05, 4.69) is 15.5 Å². The highest BCUT2D eigenvalue weighted by Gasteiger charge is 2.27. The first-order chi connectivity index (χ1) is 22.7. The summed E-state index contributed by atoms with van der Waals surface area (Å²) in [6.07, 6.45) is 2.73. The zero-order valence-corrected chi connectivity index (χ0v) is 28.5. The Balaban J connectivity index is 0.000000840. The Kier molecular flexibility index (Phi) is 9.67. The molecule has 5 aromatic rings. The lowest BCUT2D eigenvalue weighted by Gasteiger charge is -2.23. The van der Waals surface area contributed by atoms with Gasteiger partial charge in [0.2, 0.25) is 5.82 Å². The fourth-order valence-corrected chi connectivity index (χ4v) is 5.84. The number of hydrogen-bond acceptors (Lipinski definition) is 10. The third-order valence-corrected chi connectivity index (χ3v) is 8.12. The molecule has 3 N–H and O–H groups in total. The van der Waals surface area contributed by atoms with Crippen LogP contribution in [0.3, 0.4) is 0 Å². The van der Waals surface area contributed by atoms with Crippen molar-refractivity contribution in [3.63, 3.8) is 0 Å². The minimum Gasteiger partial charge on any atom is -0.490 e. The van der Waals surface area contributed by atoms with Crippen molar-refractivity contribution < 1.29 is 28.3 Å². The summed E-state index contributed by atoms with van der Waals surface area (Å²) >= 11 is 0. The molecule has 4 heterocycles. The summed E-state index contributed by atoms with van der Waals surface area (Å²) in [5.74, 6) is 0.0772. The summed E-state index contributed by atoms with van der Waals surface area (Å²) in [5, 5.41) is 24.2. The van der Waals surface area contributed by atoms with Crippen molar-refractivity contribution in [1.29, 1.82) is 5.41 Å². The third-order valence-electron chi connectivity index (χ3n) is 8.12. The van der Waals surface area contributed by atoms with Crippen LogP contribution in [0.5, 0.6) is 5.75 Å². The number of aryl methyl sites for hydroxylation is 2. The summed E-state index contributed by atoms with van der Waals surface area (Å²) in [6.45, 7) is 9.50. The lowest BCUT2D eigenvalue weighted by atomic mass is 9.87. The lowest BCUT2D eigenvalue weighted by molar-refractivity contribution is -0.139. The average molecular weight is 657 g/mol. The van der Waals surface area contributed by atoms with Gasteiger partial charge in [-0.3, -0.25) is 4.79 Å². The predicted octanol–water partition coefficient (Wildman–Crippen LogP) is 6.57. The van der Waals surface area contributed by atoms with Crippen molar-refractivity contribution in [3.05, 3.63) is 64.1 Å². The number of hydrogen-bond donors (Lipinski definition) is 3. The number of esters is 1. The number of aromatic nitrogens is 4. The number of nitrogens with zero attached hydrogens (tertiary/aromatic N) is 4. The van der Waals surface area contributed by atoms with Crippen LogP contribution in [-0.2, 0) is 29.4 Å². The zero-order valence-electron chi connectivity index (χ0n) is 28.5. The highest BCUT2D eigenvalue weighted by molar-refractivity contribution is 6.00. The first kappa shape index (κ1) is 34.2. The maximum Gasteiger partial charge on any atom is 0.310 e. The summed E-state index contributed by atoms with van der Waals surface area (Å²) in [6, 6.07) is 8.90. The fourth-order valence-electron chi connectivity index (χ4n) is 5.84. The first-order valence-corrected chi connectivity index (χ1v) is 15.7. The van der Waals surface area contributed by atoms with E-state index in [4.69, 9.17) is 29.5 Å². The van der Waals surface area contributed by atoms with Crippen molar-refractivity contribution >= 4 is 28.9 Å². The molecule has 1 aliphatic rings. The number of rotatable bonds is 7. The van der Waals surface area contributed by atoms with Gasteiger partial charge in [-0.2, -0.15) is 4.98 Å². The summed E-state index contributed by atoms with van der Waals surface area (Å²) in [4.78, 5) is 22.1. The summed E-state index contributed by atoms with van der Waals surface area (Å²) in [5.41, 5.74) is 7.32. The lowest BCUT2D eigenvalue weighted by Crippen LogP contribution is -2.13. The Labute approximate surface area is 278 Å². The zero-order chi connectivity index (χ0) is 34.9. The molecule has 0 fully saturated rings. The van der Waals surface area contributed by atoms with Gasteiger partial charge in [0.05, 0.1) is 25.7 Å². The number of ether oxygens (including phenoxy) is 2. The Hall–Kier alpha value is -5.10. The molecule has 2 aromatic carbocycles. The van der Waals surface area contributed by atoms with Crippen LogP contribution in [0.4, 0.5) is 10.1 Å². The Morgan fingerprint density at radius 3 is 2.60 bits per heavy atom. The average Bonchev–Trinajstić information content (AvgIpc) is 3.67. The number of nitrogens with one attached hydrogen (secondary N) is 2. The molecular formula is C36H41FN6O5. The molecule has 48 heavy (non-hydrogen) atoms. The van der Waals surface area contributed by atoms with Crippen LogP contribution in [0.15, 0.2) is 34.9 Å². The Morgan fingerprint density at radius 1 is 1.21 bits per heavy atom. The number of fused-ring (bicyclic) bond motifs is 2. The van der Waals surface area contributed by atoms with Crippen molar-refractivity contribution in [2.45, 2.75) is 59.5 Å². The van der Waals surface area contributed by atoms with E-state index in [-0.39, 0.29) is 12.3 Å². The van der Waals surface area contributed by atoms with E-state index >= 15 is 4.39 Å². The van der Waals surface area contributed by atoms with Gasteiger partial charge in [-0.15, -0.1) is 0 Å². The molecule has 0 atom stereocenters. The number of anilines is 1. The van der Waals surface area contributed by atoms with Crippen molar-refractivity contribution in [1.82, 2.24) is 19.7 Å². The topological polar surface area (TPSA) is 148 Å². The number of halogens is 1. The molecule has 0 saturated heterocycles. The smallest absolute Gasteiger partial charge is 0.310 e. The molecule has 1 aliphatic heterocycles. The standard InChI is InChI=1S/C32H31FN6O4.C4H10O/c1-16-20-7-6-10-42-29(20)24(33)12-21(16)28-22(14-27(40)41-5)17(2)36-31-23(28)13-26(39(31)4)32-37-30(38-43-32)18-8-9-25(35-3)19(11-18)15-34;1-4(2,3)5/h8-9,11-13,15,34-35H,6-7,10,14H2,1-5H3;5H,1-3H3. The summed E-state index contributed by atoms with van der Waals surface area (Å²) < 4.78 is 33.8. The SMILES string of the molecule is CC(C)(C)O.CNc1ccc(-c2noc(-c3cc4c(-c5cc(F)c6c(c5C)CCCO6)c(CC(=O)OC)c(C)nc4n3C)n2)cc1C=N. The van der Waals surface area contributed by atoms with Gasteiger partial charge < -0.3 is 34.4 Å². The molecule has 11 nitrogen and oxygen atoms in total. The van der Waals surface area contributed by atoms with Gasteiger partial charge in [0.1, 0.15) is 11.3 Å². The van der Waals surface area contributed by atoms with E-state index in [1.165, 1.54) is 19.4 Å². The molecular weight excluding hydrogens is 615 g/mol. The molecule has 3 aromatic heterocycles. The normalized spacial score (nSPS) is 12.5.